The predicted octanol–water partition coefficient (Wildman–Crippen LogP) is 4.48. The average molecular weight is 407 g/mol. The molecular formula is C24H30N4O2. The van der Waals surface area contributed by atoms with Crippen LogP contribution in [0.1, 0.15) is 36.5 Å². The minimum atomic E-state index is 0.0939. The van der Waals surface area contributed by atoms with E-state index in [9.17, 15) is 0 Å². The minimum absolute atomic E-state index is 0.0939. The van der Waals surface area contributed by atoms with Crippen LogP contribution in [0, 0.1) is 6.92 Å². The molecule has 3 aromatic rings. The molecule has 0 radical (unpaired) electrons. The van der Waals surface area contributed by atoms with Crippen molar-refractivity contribution < 1.29 is 9.15 Å². The molecule has 0 fully saturated rings. The summed E-state index contributed by atoms with van der Waals surface area (Å²) < 4.78 is 11.7. The lowest BCUT2D eigenvalue weighted by molar-refractivity contribution is 0.0646. The Kier molecular flexibility index (Phi) is 8.03. The zero-order chi connectivity index (χ0) is 21.2. The SMILES string of the molecule is CN=C(NCCCOC(C)c1ccccc1)NCc1ncc(-c2ccc(C)cc2)o1. The Hall–Kier alpha value is -3.12. The van der Waals surface area contributed by atoms with Gasteiger partial charge in [-0.25, -0.2) is 4.98 Å². The standard InChI is InChI=1S/C24H30N4O2/c1-18-10-12-21(13-11-18)22-16-27-23(30-22)17-28-24(25-3)26-14-7-15-29-19(2)20-8-5-4-6-9-20/h4-6,8-13,16,19H,7,14-15,17H2,1-3H3,(H2,25,26,28). The van der Waals surface area contributed by atoms with Crippen molar-refractivity contribution in [3.63, 3.8) is 0 Å². The number of benzene rings is 2. The quantitative estimate of drug-likeness (QED) is 0.311. The molecule has 6 heteroatoms. The van der Waals surface area contributed by atoms with Crippen molar-refractivity contribution >= 4 is 5.96 Å². The average Bonchev–Trinajstić information content (AvgIpc) is 3.25. The number of oxazole rings is 1. The van der Waals surface area contributed by atoms with Gasteiger partial charge in [0.25, 0.3) is 0 Å². The van der Waals surface area contributed by atoms with E-state index in [2.05, 4.69) is 58.7 Å². The van der Waals surface area contributed by atoms with Crippen molar-refractivity contribution in [3.8, 4) is 11.3 Å². The van der Waals surface area contributed by atoms with Gasteiger partial charge in [0.2, 0.25) is 5.89 Å². The first kappa shape index (κ1) is 21.6. The Morgan fingerprint density at radius 2 is 1.87 bits per heavy atom. The summed E-state index contributed by atoms with van der Waals surface area (Å²) >= 11 is 0. The summed E-state index contributed by atoms with van der Waals surface area (Å²) in [6, 6.07) is 18.4. The van der Waals surface area contributed by atoms with Gasteiger partial charge < -0.3 is 19.8 Å². The number of nitrogens with one attached hydrogen (secondary N) is 2. The van der Waals surface area contributed by atoms with Gasteiger partial charge in [-0.05, 0) is 25.8 Å². The number of hydrogen-bond donors (Lipinski definition) is 2. The molecular weight excluding hydrogens is 376 g/mol. The zero-order valence-electron chi connectivity index (χ0n) is 17.9. The molecule has 0 spiro atoms. The summed E-state index contributed by atoms with van der Waals surface area (Å²) in [4.78, 5) is 8.59. The maximum absolute atomic E-state index is 5.90. The van der Waals surface area contributed by atoms with E-state index >= 15 is 0 Å². The molecule has 158 valence electrons. The van der Waals surface area contributed by atoms with Crippen LogP contribution in [0.4, 0.5) is 0 Å². The van der Waals surface area contributed by atoms with Gasteiger partial charge in [-0.15, -0.1) is 0 Å². The Labute approximate surface area is 178 Å². The summed E-state index contributed by atoms with van der Waals surface area (Å²) in [5.41, 5.74) is 3.43. The molecule has 1 unspecified atom stereocenters. The molecule has 0 bridgehead atoms. The van der Waals surface area contributed by atoms with Gasteiger partial charge in [-0.2, -0.15) is 0 Å². The molecule has 0 aliphatic heterocycles. The third kappa shape index (κ3) is 6.46. The third-order valence-corrected chi connectivity index (χ3v) is 4.77. The van der Waals surface area contributed by atoms with Crippen LogP contribution in [0.5, 0.6) is 0 Å². The number of nitrogens with zero attached hydrogens (tertiary/aromatic N) is 2. The van der Waals surface area contributed by atoms with Crippen molar-refractivity contribution in [2.75, 3.05) is 20.2 Å². The van der Waals surface area contributed by atoms with Gasteiger partial charge in [-0.1, -0.05) is 60.2 Å². The van der Waals surface area contributed by atoms with Gasteiger partial charge in [0.1, 0.15) is 0 Å². The van der Waals surface area contributed by atoms with E-state index in [0.717, 1.165) is 24.3 Å². The van der Waals surface area contributed by atoms with Crippen molar-refractivity contribution in [1.82, 2.24) is 15.6 Å². The molecule has 1 aromatic heterocycles. The van der Waals surface area contributed by atoms with Gasteiger partial charge in [0, 0.05) is 25.8 Å². The number of aromatic nitrogens is 1. The monoisotopic (exact) mass is 406 g/mol. The molecule has 2 aromatic carbocycles. The van der Waals surface area contributed by atoms with Crippen LogP contribution in [0.3, 0.4) is 0 Å². The van der Waals surface area contributed by atoms with E-state index in [4.69, 9.17) is 9.15 Å². The van der Waals surface area contributed by atoms with Crippen LogP contribution in [-0.4, -0.2) is 31.1 Å². The first-order valence-corrected chi connectivity index (χ1v) is 10.3. The van der Waals surface area contributed by atoms with E-state index in [1.807, 2.05) is 30.3 Å². The predicted molar refractivity (Wildman–Crippen MR) is 120 cm³/mol. The van der Waals surface area contributed by atoms with Crippen LogP contribution in [0.2, 0.25) is 0 Å². The number of hydrogen-bond acceptors (Lipinski definition) is 4. The molecule has 6 nitrogen and oxygen atoms in total. The van der Waals surface area contributed by atoms with Crippen LogP contribution < -0.4 is 10.6 Å². The molecule has 0 aliphatic rings. The molecule has 0 amide bonds. The minimum Gasteiger partial charge on any atom is -0.439 e. The van der Waals surface area contributed by atoms with E-state index in [0.29, 0.717) is 25.0 Å². The number of rotatable bonds is 9. The third-order valence-electron chi connectivity index (χ3n) is 4.77. The Bertz CT molecular complexity index is 920. The first-order chi connectivity index (χ1) is 14.7. The fourth-order valence-electron chi connectivity index (χ4n) is 2.98. The summed E-state index contributed by atoms with van der Waals surface area (Å²) in [7, 11) is 1.75. The Morgan fingerprint density at radius 3 is 2.60 bits per heavy atom. The number of guanidine groups is 1. The molecule has 0 saturated heterocycles. The highest BCUT2D eigenvalue weighted by Gasteiger charge is 2.08. The molecule has 2 N–H and O–H groups in total. The second-order valence-electron chi connectivity index (χ2n) is 7.11. The summed E-state index contributed by atoms with van der Waals surface area (Å²) in [5.74, 6) is 2.09. The van der Waals surface area contributed by atoms with Gasteiger partial charge >= 0.3 is 0 Å². The lowest BCUT2D eigenvalue weighted by atomic mass is 10.1. The van der Waals surface area contributed by atoms with E-state index < -0.39 is 0 Å². The Morgan fingerprint density at radius 1 is 1.10 bits per heavy atom. The highest BCUT2D eigenvalue weighted by molar-refractivity contribution is 5.79. The van der Waals surface area contributed by atoms with E-state index in [-0.39, 0.29) is 6.10 Å². The molecule has 1 atom stereocenters. The lowest BCUT2D eigenvalue weighted by Crippen LogP contribution is -2.37. The second kappa shape index (κ2) is 11.2. The molecule has 1 heterocycles. The van der Waals surface area contributed by atoms with Crippen molar-refractivity contribution in [1.29, 1.82) is 0 Å². The van der Waals surface area contributed by atoms with E-state index in [1.54, 1.807) is 13.2 Å². The first-order valence-electron chi connectivity index (χ1n) is 10.3. The smallest absolute Gasteiger partial charge is 0.214 e. The maximum Gasteiger partial charge on any atom is 0.214 e. The van der Waals surface area contributed by atoms with Gasteiger partial charge in [-0.3, -0.25) is 4.99 Å². The largest absolute Gasteiger partial charge is 0.439 e. The summed E-state index contributed by atoms with van der Waals surface area (Å²) in [6.07, 6.45) is 2.73. The molecule has 3 rings (SSSR count). The van der Waals surface area contributed by atoms with E-state index in [1.165, 1.54) is 11.1 Å². The fraction of sp³-hybridized carbons (Fsp3) is 0.333. The molecule has 30 heavy (non-hydrogen) atoms. The highest BCUT2D eigenvalue weighted by atomic mass is 16.5. The fourth-order valence-corrected chi connectivity index (χ4v) is 2.98. The van der Waals surface area contributed by atoms with Gasteiger partial charge in [0.05, 0.1) is 18.8 Å². The van der Waals surface area contributed by atoms with Crippen LogP contribution in [-0.2, 0) is 11.3 Å². The number of aryl methyl sites for hydroxylation is 1. The zero-order valence-corrected chi connectivity index (χ0v) is 17.9. The van der Waals surface area contributed by atoms with Crippen LogP contribution in [0.15, 0.2) is 70.2 Å². The van der Waals surface area contributed by atoms with Gasteiger partial charge in [0.15, 0.2) is 11.7 Å². The topological polar surface area (TPSA) is 71.7 Å². The number of ether oxygens (including phenoxy) is 1. The Balaban J connectivity index is 1.36. The summed E-state index contributed by atoms with van der Waals surface area (Å²) in [6.45, 7) is 6.05. The highest BCUT2D eigenvalue weighted by Crippen LogP contribution is 2.20. The number of aliphatic imine (C=N–C) groups is 1. The lowest BCUT2D eigenvalue weighted by Gasteiger charge is -2.14. The molecule has 0 aliphatic carbocycles. The molecule has 0 saturated carbocycles. The van der Waals surface area contributed by atoms with Crippen molar-refractivity contribution in [2.45, 2.75) is 32.9 Å². The van der Waals surface area contributed by atoms with Crippen LogP contribution >= 0.6 is 0 Å². The second-order valence-corrected chi connectivity index (χ2v) is 7.11. The normalized spacial score (nSPS) is 12.6. The summed E-state index contributed by atoms with van der Waals surface area (Å²) in [5, 5.41) is 6.51. The maximum atomic E-state index is 5.90. The van der Waals surface area contributed by atoms with Crippen molar-refractivity contribution in [2.24, 2.45) is 4.99 Å². The van der Waals surface area contributed by atoms with Crippen LogP contribution in [0.25, 0.3) is 11.3 Å². The van der Waals surface area contributed by atoms with Crippen molar-refractivity contribution in [3.05, 3.63) is 77.8 Å².